The second-order valence-electron chi connectivity index (χ2n) is 2.48. The standard InChI is InChI=1S/C10H8ClNO3/c1-2-15-9(14)6-4-7-3-5-8(13)10(11)12-7/h3,5,13H,2H2,1H3. The van der Waals surface area contributed by atoms with Gasteiger partial charge in [-0.2, -0.15) is 0 Å². The van der Waals surface area contributed by atoms with Crippen molar-refractivity contribution in [1.29, 1.82) is 0 Å². The SMILES string of the molecule is CCOC(=O)C#Cc1ccc(O)c(Cl)n1. The first-order chi connectivity index (χ1) is 7.13. The van der Waals surface area contributed by atoms with E-state index in [2.05, 4.69) is 21.6 Å². The van der Waals surface area contributed by atoms with Crippen molar-refractivity contribution in [3.8, 4) is 17.6 Å². The molecule has 1 aromatic heterocycles. The third kappa shape index (κ3) is 3.49. The number of carbonyl (C=O) groups is 1. The molecule has 0 unspecified atom stereocenters. The highest BCUT2D eigenvalue weighted by molar-refractivity contribution is 6.30. The van der Waals surface area contributed by atoms with Gasteiger partial charge in [-0.1, -0.05) is 11.6 Å². The lowest BCUT2D eigenvalue weighted by atomic mass is 10.3. The molecule has 0 fully saturated rings. The topological polar surface area (TPSA) is 59.4 Å². The summed E-state index contributed by atoms with van der Waals surface area (Å²) in [5.74, 6) is 3.95. The molecule has 0 radical (unpaired) electrons. The van der Waals surface area contributed by atoms with E-state index in [1.165, 1.54) is 12.1 Å². The molecule has 0 spiro atoms. The minimum absolute atomic E-state index is 0.0503. The molecule has 0 bridgehead atoms. The molecule has 0 aliphatic rings. The molecule has 0 aliphatic carbocycles. The van der Waals surface area contributed by atoms with Crippen LogP contribution in [0.3, 0.4) is 0 Å². The van der Waals surface area contributed by atoms with Gasteiger partial charge < -0.3 is 9.84 Å². The van der Waals surface area contributed by atoms with E-state index in [0.717, 1.165) is 0 Å². The van der Waals surface area contributed by atoms with E-state index in [9.17, 15) is 4.79 Å². The fourth-order valence-electron chi connectivity index (χ4n) is 0.779. The molecule has 0 aromatic carbocycles. The number of pyridine rings is 1. The summed E-state index contributed by atoms with van der Waals surface area (Å²) in [6.07, 6.45) is 0. The number of carbonyl (C=O) groups excluding carboxylic acids is 1. The molecule has 0 aliphatic heterocycles. The van der Waals surface area contributed by atoms with E-state index in [-0.39, 0.29) is 17.5 Å². The molecule has 1 rings (SSSR count). The van der Waals surface area contributed by atoms with E-state index >= 15 is 0 Å². The van der Waals surface area contributed by atoms with Crippen LogP contribution in [0.1, 0.15) is 12.6 Å². The Labute approximate surface area is 91.8 Å². The molecule has 0 atom stereocenters. The van der Waals surface area contributed by atoms with Crippen LogP contribution in [0.4, 0.5) is 0 Å². The number of aromatic hydroxyl groups is 1. The third-order valence-corrected chi connectivity index (χ3v) is 1.68. The van der Waals surface area contributed by atoms with E-state index in [4.69, 9.17) is 16.7 Å². The Morgan fingerprint density at radius 1 is 1.67 bits per heavy atom. The van der Waals surface area contributed by atoms with Crippen molar-refractivity contribution in [2.75, 3.05) is 6.61 Å². The minimum Gasteiger partial charge on any atom is -0.505 e. The van der Waals surface area contributed by atoms with Crippen molar-refractivity contribution < 1.29 is 14.6 Å². The summed E-state index contributed by atoms with van der Waals surface area (Å²) < 4.78 is 4.59. The number of aromatic nitrogens is 1. The van der Waals surface area contributed by atoms with Crippen LogP contribution < -0.4 is 0 Å². The van der Waals surface area contributed by atoms with Crippen molar-refractivity contribution >= 4 is 17.6 Å². The number of esters is 1. The van der Waals surface area contributed by atoms with Crippen molar-refractivity contribution in [2.45, 2.75) is 6.92 Å². The maximum Gasteiger partial charge on any atom is 0.384 e. The quantitative estimate of drug-likeness (QED) is 0.445. The molecule has 78 valence electrons. The molecule has 5 heteroatoms. The van der Waals surface area contributed by atoms with Gasteiger partial charge in [-0.25, -0.2) is 9.78 Å². The Hall–Kier alpha value is -1.73. The van der Waals surface area contributed by atoms with Crippen molar-refractivity contribution in [3.63, 3.8) is 0 Å². The van der Waals surface area contributed by atoms with Crippen LogP contribution in [0.5, 0.6) is 5.75 Å². The zero-order chi connectivity index (χ0) is 11.3. The van der Waals surface area contributed by atoms with Crippen LogP contribution in [0, 0.1) is 11.8 Å². The van der Waals surface area contributed by atoms with Crippen molar-refractivity contribution in [2.24, 2.45) is 0 Å². The molecule has 0 amide bonds. The average Bonchev–Trinajstić information content (AvgIpc) is 2.20. The van der Waals surface area contributed by atoms with Gasteiger partial charge in [0, 0.05) is 5.92 Å². The third-order valence-electron chi connectivity index (χ3n) is 1.40. The molecular weight excluding hydrogens is 218 g/mol. The van der Waals surface area contributed by atoms with Crippen molar-refractivity contribution in [1.82, 2.24) is 4.98 Å². The summed E-state index contributed by atoms with van der Waals surface area (Å²) in [7, 11) is 0. The van der Waals surface area contributed by atoms with E-state index < -0.39 is 5.97 Å². The zero-order valence-corrected chi connectivity index (χ0v) is 8.71. The predicted molar refractivity (Wildman–Crippen MR) is 54.4 cm³/mol. The highest BCUT2D eigenvalue weighted by atomic mass is 35.5. The smallest absolute Gasteiger partial charge is 0.384 e. The first-order valence-electron chi connectivity index (χ1n) is 4.17. The molecule has 4 nitrogen and oxygen atoms in total. The molecule has 1 aromatic rings. The predicted octanol–water partition coefficient (Wildman–Crippen LogP) is 1.36. The Balaban J connectivity index is 2.80. The largest absolute Gasteiger partial charge is 0.505 e. The summed E-state index contributed by atoms with van der Waals surface area (Å²) in [4.78, 5) is 14.6. The Morgan fingerprint density at radius 2 is 2.40 bits per heavy atom. The number of hydrogen-bond donors (Lipinski definition) is 1. The average molecular weight is 226 g/mol. The fourth-order valence-corrected chi connectivity index (χ4v) is 0.933. The first kappa shape index (κ1) is 11.3. The number of rotatable bonds is 1. The van der Waals surface area contributed by atoms with Gasteiger partial charge in [0.05, 0.1) is 6.61 Å². The lowest BCUT2D eigenvalue weighted by Crippen LogP contribution is -1.99. The molecule has 0 saturated carbocycles. The van der Waals surface area contributed by atoms with Gasteiger partial charge in [0.15, 0.2) is 10.9 Å². The minimum atomic E-state index is -0.622. The number of nitrogens with zero attached hydrogens (tertiary/aromatic N) is 1. The normalized spacial score (nSPS) is 8.93. The van der Waals surface area contributed by atoms with Crippen molar-refractivity contribution in [3.05, 3.63) is 23.0 Å². The zero-order valence-electron chi connectivity index (χ0n) is 7.95. The van der Waals surface area contributed by atoms with Gasteiger partial charge in [-0.3, -0.25) is 0 Å². The second kappa shape index (κ2) is 5.23. The Bertz CT molecular complexity index is 434. The van der Waals surface area contributed by atoms with Gasteiger partial charge in [0.25, 0.3) is 0 Å². The van der Waals surface area contributed by atoms with Crippen LogP contribution in [-0.2, 0) is 9.53 Å². The van der Waals surface area contributed by atoms with Gasteiger partial charge in [-0.15, -0.1) is 0 Å². The van der Waals surface area contributed by atoms with Gasteiger partial charge >= 0.3 is 5.97 Å². The van der Waals surface area contributed by atoms with E-state index in [1.54, 1.807) is 6.92 Å². The molecule has 0 saturated heterocycles. The number of halogens is 1. The van der Waals surface area contributed by atoms with Gasteiger partial charge in [-0.05, 0) is 25.0 Å². The van der Waals surface area contributed by atoms with Crippen LogP contribution >= 0.6 is 11.6 Å². The molecular formula is C10H8ClNO3. The first-order valence-corrected chi connectivity index (χ1v) is 4.55. The molecule has 1 N–H and O–H groups in total. The maximum atomic E-state index is 10.9. The van der Waals surface area contributed by atoms with Gasteiger partial charge in [0.1, 0.15) is 5.69 Å². The van der Waals surface area contributed by atoms with E-state index in [1.807, 2.05) is 0 Å². The summed E-state index contributed by atoms with van der Waals surface area (Å²) in [6.45, 7) is 1.96. The fraction of sp³-hybridized carbons (Fsp3) is 0.200. The lowest BCUT2D eigenvalue weighted by molar-refractivity contribution is -0.136. The number of hydrogen-bond acceptors (Lipinski definition) is 4. The Morgan fingerprint density at radius 3 is 3.00 bits per heavy atom. The maximum absolute atomic E-state index is 10.9. The van der Waals surface area contributed by atoms with Crippen LogP contribution in [-0.4, -0.2) is 22.7 Å². The van der Waals surface area contributed by atoms with Crippen LogP contribution in [0.2, 0.25) is 5.15 Å². The molecule has 1 heterocycles. The summed E-state index contributed by atoms with van der Waals surface area (Å²) >= 11 is 5.55. The summed E-state index contributed by atoms with van der Waals surface area (Å²) in [5, 5.41) is 9.02. The second-order valence-corrected chi connectivity index (χ2v) is 2.83. The summed E-state index contributed by atoms with van der Waals surface area (Å²) in [6, 6.07) is 2.80. The Kier molecular flexibility index (Phi) is 3.95. The molecule has 15 heavy (non-hydrogen) atoms. The highest BCUT2D eigenvalue weighted by Crippen LogP contribution is 2.19. The van der Waals surface area contributed by atoms with E-state index in [0.29, 0.717) is 5.69 Å². The summed E-state index contributed by atoms with van der Waals surface area (Å²) in [5.41, 5.74) is 0.297. The van der Waals surface area contributed by atoms with Crippen LogP contribution in [0.15, 0.2) is 12.1 Å². The lowest BCUT2D eigenvalue weighted by Gasteiger charge is -1.95. The van der Waals surface area contributed by atoms with Gasteiger partial charge in [0.2, 0.25) is 0 Å². The monoisotopic (exact) mass is 225 g/mol. The number of ether oxygens (including phenoxy) is 1. The highest BCUT2D eigenvalue weighted by Gasteiger charge is 1.99. The van der Waals surface area contributed by atoms with Crippen LogP contribution in [0.25, 0.3) is 0 Å².